The molecular formula is C25H27ClF3N9O2. The van der Waals surface area contributed by atoms with Gasteiger partial charge in [0.05, 0.1) is 18.4 Å². The number of rotatable bonds is 7. The van der Waals surface area contributed by atoms with E-state index in [1.54, 1.807) is 17.1 Å². The quantitative estimate of drug-likeness (QED) is 0.344. The van der Waals surface area contributed by atoms with Gasteiger partial charge >= 0.3 is 11.9 Å². The lowest BCUT2D eigenvalue weighted by molar-refractivity contribution is -0.207. The highest BCUT2D eigenvalue weighted by Crippen LogP contribution is 2.27. The van der Waals surface area contributed by atoms with E-state index in [0.29, 0.717) is 16.3 Å². The predicted octanol–water partition coefficient (Wildman–Crippen LogP) is 2.50. The van der Waals surface area contributed by atoms with Crippen molar-refractivity contribution in [3.8, 4) is 17.1 Å². The van der Waals surface area contributed by atoms with E-state index in [2.05, 4.69) is 44.2 Å². The first-order chi connectivity index (χ1) is 18.9. The molecule has 0 bridgehead atoms. The van der Waals surface area contributed by atoms with Crippen LogP contribution in [0.2, 0.25) is 5.02 Å². The van der Waals surface area contributed by atoms with Crippen molar-refractivity contribution in [3.05, 3.63) is 70.4 Å². The van der Waals surface area contributed by atoms with Crippen LogP contribution in [0.15, 0.2) is 53.8 Å². The second-order valence-electron chi connectivity index (χ2n) is 10.1. The number of halogens is 4. The van der Waals surface area contributed by atoms with Gasteiger partial charge in [0.15, 0.2) is 17.8 Å². The lowest BCUT2D eigenvalue weighted by atomic mass is 10.0. The molecule has 1 saturated heterocycles. The second-order valence-corrected chi connectivity index (χ2v) is 10.6. The van der Waals surface area contributed by atoms with E-state index in [9.17, 15) is 23.1 Å². The molecule has 212 valence electrons. The van der Waals surface area contributed by atoms with Crippen molar-refractivity contribution in [3.63, 3.8) is 0 Å². The summed E-state index contributed by atoms with van der Waals surface area (Å²) in [6, 6.07) is 8.01. The molecule has 15 heteroatoms. The molecule has 0 radical (unpaired) electrons. The SMILES string of the molecule is CC1(C)CN(c2ccncc2-n2cnc(Cn3nc(-c4ccc(Cl)cc4)n(C[C@H](O)C(F)(F)F)c3=O)n2)CCN1. The Morgan fingerprint density at radius 2 is 1.90 bits per heavy atom. The maximum atomic E-state index is 13.2. The Bertz CT molecular complexity index is 1550. The number of anilines is 1. The van der Waals surface area contributed by atoms with E-state index in [1.807, 2.05) is 6.07 Å². The molecule has 1 aromatic carbocycles. The number of aliphatic hydroxyl groups excluding tert-OH is 1. The van der Waals surface area contributed by atoms with Crippen molar-refractivity contribution >= 4 is 17.3 Å². The third kappa shape index (κ3) is 5.88. The molecule has 1 fully saturated rings. The third-order valence-electron chi connectivity index (χ3n) is 6.53. The summed E-state index contributed by atoms with van der Waals surface area (Å²) in [6.45, 7) is 5.36. The van der Waals surface area contributed by atoms with Crippen LogP contribution >= 0.6 is 11.6 Å². The Kier molecular flexibility index (Phi) is 7.42. The van der Waals surface area contributed by atoms with Crippen LogP contribution in [0.1, 0.15) is 19.7 Å². The highest BCUT2D eigenvalue weighted by atomic mass is 35.5. The molecule has 0 aliphatic carbocycles. The minimum absolute atomic E-state index is 0.0553. The van der Waals surface area contributed by atoms with Gasteiger partial charge in [-0.3, -0.25) is 9.55 Å². The van der Waals surface area contributed by atoms with Crippen molar-refractivity contribution in [1.29, 1.82) is 0 Å². The first-order valence-corrected chi connectivity index (χ1v) is 12.8. The largest absolute Gasteiger partial charge is 0.416 e. The average Bonchev–Trinajstić information content (AvgIpc) is 3.48. The fraction of sp³-hybridized carbons (Fsp3) is 0.400. The molecule has 2 N–H and O–H groups in total. The fourth-order valence-electron chi connectivity index (χ4n) is 4.59. The van der Waals surface area contributed by atoms with E-state index < -0.39 is 24.5 Å². The standard InChI is InChI=1S/C25H27ClF3N9O2/c1-24(2)14-35(10-9-32-24)18-7-8-30-11-19(18)38-15-31-21(33-38)13-37-23(40)36(12-20(39)25(27,28)29)22(34-37)16-3-5-17(26)6-4-16/h3-8,11,15,20,32,39H,9-10,12-14H2,1-2H3/t20-/m0/s1. The van der Waals surface area contributed by atoms with Crippen molar-refractivity contribution in [2.24, 2.45) is 0 Å². The molecule has 1 aliphatic rings. The van der Waals surface area contributed by atoms with Crippen LogP contribution in [0.4, 0.5) is 18.9 Å². The number of aromatic nitrogens is 7. The number of hydrogen-bond donors (Lipinski definition) is 2. The summed E-state index contributed by atoms with van der Waals surface area (Å²) in [5.74, 6) is 0.154. The van der Waals surface area contributed by atoms with Gasteiger partial charge in [-0.05, 0) is 44.2 Å². The Balaban J connectivity index is 1.46. The van der Waals surface area contributed by atoms with Gasteiger partial charge in [0.2, 0.25) is 0 Å². The topological polar surface area (TPSA) is 119 Å². The zero-order chi connectivity index (χ0) is 28.7. The number of pyridine rings is 1. The molecular weight excluding hydrogens is 551 g/mol. The van der Waals surface area contributed by atoms with Gasteiger partial charge in [-0.25, -0.2) is 19.1 Å². The van der Waals surface area contributed by atoms with Crippen LogP contribution in [0, 0.1) is 0 Å². The normalized spacial score (nSPS) is 16.3. The van der Waals surface area contributed by atoms with Gasteiger partial charge in [-0.1, -0.05) is 11.6 Å². The van der Waals surface area contributed by atoms with Crippen LogP contribution in [0.25, 0.3) is 17.1 Å². The molecule has 0 unspecified atom stereocenters. The average molecular weight is 578 g/mol. The molecule has 1 atom stereocenters. The number of piperazine rings is 1. The summed E-state index contributed by atoms with van der Waals surface area (Å²) in [4.78, 5) is 23.9. The van der Waals surface area contributed by atoms with Crippen molar-refractivity contribution in [1.82, 2.24) is 39.4 Å². The minimum Gasteiger partial charge on any atom is -0.382 e. The minimum atomic E-state index is -4.92. The molecule has 4 heterocycles. The molecule has 4 aromatic rings. The summed E-state index contributed by atoms with van der Waals surface area (Å²) < 4.78 is 42.7. The monoisotopic (exact) mass is 577 g/mol. The Morgan fingerprint density at radius 3 is 2.60 bits per heavy atom. The molecule has 40 heavy (non-hydrogen) atoms. The van der Waals surface area contributed by atoms with E-state index in [0.717, 1.165) is 34.6 Å². The fourth-order valence-corrected chi connectivity index (χ4v) is 4.71. The first kappa shape index (κ1) is 27.8. The number of hydrogen-bond acceptors (Lipinski definition) is 8. The summed E-state index contributed by atoms with van der Waals surface area (Å²) in [7, 11) is 0. The third-order valence-corrected chi connectivity index (χ3v) is 6.78. The van der Waals surface area contributed by atoms with E-state index in [-0.39, 0.29) is 23.7 Å². The summed E-state index contributed by atoms with van der Waals surface area (Å²) in [6.07, 6.45) is -2.82. The van der Waals surface area contributed by atoms with Crippen LogP contribution in [0.5, 0.6) is 0 Å². The molecule has 1 aliphatic heterocycles. The van der Waals surface area contributed by atoms with E-state index in [1.165, 1.54) is 30.6 Å². The highest BCUT2D eigenvalue weighted by Gasteiger charge is 2.39. The van der Waals surface area contributed by atoms with Crippen molar-refractivity contribution < 1.29 is 18.3 Å². The zero-order valence-electron chi connectivity index (χ0n) is 21.7. The number of benzene rings is 1. The molecule has 0 amide bonds. The number of aliphatic hydroxyl groups is 1. The lowest BCUT2D eigenvalue weighted by Crippen LogP contribution is -2.57. The van der Waals surface area contributed by atoms with Gasteiger partial charge < -0.3 is 15.3 Å². The first-order valence-electron chi connectivity index (χ1n) is 12.4. The summed E-state index contributed by atoms with van der Waals surface area (Å²) in [5, 5.41) is 22.3. The summed E-state index contributed by atoms with van der Waals surface area (Å²) in [5.41, 5.74) is 1.01. The van der Waals surface area contributed by atoms with Crippen molar-refractivity contribution in [2.45, 2.75) is 44.8 Å². The predicted molar refractivity (Wildman–Crippen MR) is 142 cm³/mol. The Hall–Kier alpha value is -3.75. The zero-order valence-corrected chi connectivity index (χ0v) is 22.4. The van der Waals surface area contributed by atoms with Crippen LogP contribution in [-0.4, -0.2) is 76.7 Å². The van der Waals surface area contributed by atoms with Gasteiger partial charge in [-0.15, -0.1) is 10.2 Å². The van der Waals surface area contributed by atoms with Crippen LogP contribution in [0.3, 0.4) is 0 Å². The smallest absolute Gasteiger partial charge is 0.382 e. The van der Waals surface area contributed by atoms with Crippen LogP contribution in [-0.2, 0) is 13.1 Å². The highest BCUT2D eigenvalue weighted by molar-refractivity contribution is 6.30. The van der Waals surface area contributed by atoms with E-state index >= 15 is 0 Å². The van der Waals surface area contributed by atoms with Gasteiger partial charge in [0.25, 0.3) is 0 Å². The molecule has 5 rings (SSSR count). The van der Waals surface area contributed by atoms with Crippen LogP contribution < -0.4 is 15.9 Å². The Morgan fingerprint density at radius 1 is 1.15 bits per heavy atom. The maximum Gasteiger partial charge on any atom is 0.416 e. The van der Waals surface area contributed by atoms with Gasteiger partial charge in [-0.2, -0.15) is 13.2 Å². The van der Waals surface area contributed by atoms with Crippen molar-refractivity contribution in [2.75, 3.05) is 24.5 Å². The number of alkyl halides is 3. The molecule has 0 spiro atoms. The Labute approximate surface area is 231 Å². The second kappa shape index (κ2) is 10.7. The van der Waals surface area contributed by atoms with E-state index in [4.69, 9.17) is 11.6 Å². The number of nitrogens with one attached hydrogen (secondary N) is 1. The summed E-state index contributed by atoms with van der Waals surface area (Å²) >= 11 is 5.94. The molecule has 3 aromatic heterocycles. The maximum absolute atomic E-state index is 13.2. The molecule has 0 saturated carbocycles. The van der Waals surface area contributed by atoms with Gasteiger partial charge in [0.1, 0.15) is 18.6 Å². The molecule has 11 nitrogen and oxygen atoms in total. The number of nitrogens with zero attached hydrogens (tertiary/aromatic N) is 8. The lowest BCUT2D eigenvalue weighted by Gasteiger charge is -2.40. The van der Waals surface area contributed by atoms with Gasteiger partial charge in [0, 0.05) is 42.0 Å².